The van der Waals surface area contributed by atoms with E-state index in [0.29, 0.717) is 5.69 Å². The maximum Gasteiger partial charge on any atom is 0.238 e. The molecule has 1 heterocycles. The van der Waals surface area contributed by atoms with Gasteiger partial charge in [-0.1, -0.05) is 6.92 Å². The summed E-state index contributed by atoms with van der Waals surface area (Å²) < 4.78 is 12.8. The highest BCUT2D eigenvalue weighted by Crippen LogP contribution is 2.18. The van der Waals surface area contributed by atoms with Crippen molar-refractivity contribution in [3.63, 3.8) is 0 Å². The van der Waals surface area contributed by atoms with Crippen molar-refractivity contribution >= 4 is 22.9 Å². The summed E-state index contributed by atoms with van der Waals surface area (Å²) in [4.78, 5) is 16.0. The number of thiazole rings is 1. The Morgan fingerprint density at radius 1 is 1.40 bits per heavy atom. The van der Waals surface area contributed by atoms with Gasteiger partial charge in [0.25, 0.3) is 0 Å². The molecule has 0 spiro atoms. The van der Waals surface area contributed by atoms with E-state index in [1.54, 1.807) is 17.5 Å². The summed E-state index contributed by atoms with van der Waals surface area (Å²) >= 11 is 1.57. The van der Waals surface area contributed by atoms with Crippen LogP contribution >= 0.6 is 11.3 Å². The van der Waals surface area contributed by atoms with E-state index < -0.39 is 0 Å². The summed E-state index contributed by atoms with van der Waals surface area (Å²) in [5.41, 5.74) is 0.584. The molecule has 0 saturated carbocycles. The van der Waals surface area contributed by atoms with Crippen molar-refractivity contribution in [2.24, 2.45) is 0 Å². The van der Waals surface area contributed by atoms with Crippen molar-refractivity contribution in [1.29, 1.82) is 0 Å². The first-order chi connectivity index (χ1) is 9.69. The van der Waals surface area contributed by atoms with E-state index in [0.717, 1.165) is 11.4 Å². The van der Waals surface area contributed by atoms with E-state index in [2.05, 4.69) is 15.6 Å². The van der Waals surface area contributed by atoms with Crippen molar-refractivity contribution in [2.45, 2.75) is 19.4 Å². The molecule has 1 aromatic carbocycles. The molecule has 1 amide bonds. The zero-order valence-corrected chi connectivity index (χ0v) is 11.9. The number of hydrogen-bond donors (Lipinski definition) is 2. The first-order valence-electron chi connectivity index (χ1n) is 6.37. The fourth-order valence-corrected chi connectivity index (χ4v) is 2.56. The Labute approximate surface area is 121 Å². The molecular formula is C14H16FN3OS. The average molecular weight is 293 g/mol. The van der Waals surface area contributed by atoms with Crippen LogP contribution in [0.4, 0.5) is 10.1 Å². The van der Waals surface area contributed by atoms with Crippen LogP contribution in [0.5, 0.6) is 0 Å². The Morgan fingerprint density at radius 3 is 2.75 bits per heavy atom. The molecule has 2 aromatic rings. The summed E-state index contributed by atoms with van der Waals surface area (Å²) in [5.74, 6) is -0.484. The summed E-state index contributed by atoms with van der Waals surface area (Å²) in [6.07, 6.45) is 2.61. The van der Waals surface area contributed by atoms with Crippen LogP contribution in [-0.4, -0.2) is 17.4 Å². The minimum atomic E-state index is -0.323. The summed E-state index contributed by atoms with van der Waals surface area (Å²) in [5, 5.41) is 8.76. The molecule has 0 aliphatic carbocycles. The Morgan fingerprint density at radius 2 is 2.15 bits per heavy atom. The third-order valence-electron chi connectivity index (χ3n) is 2.79. The molecule has 0 bridgehead atoms. The fraction of sp³-hybridized carbons (Fsp3) is 0.286. The van der Waals surface area contributed by atoms with Crippen LogP contribution in [-0.2, 0) is 4.79 Å². The molecule has 1 atom stereocenters. The SMILES string of the molecule is CCC(NCC(=O)Nc1ccc(F)cc1)c1nccs1. The van der Waals surface area contributed by atoms with Crippen molar-refractivity contribution in [2.75, 3.05) is 11.9 Å². The second kappa shape index (κ2) is 7.12. The number of aromatic nitrogens is 1. The molecule has 20 heavy (non-hydrogen) atoms. The van der Waals surface area contributed by atoms with Crippen LogP contribution in [0.15, 0.2) is 35.8 Å². The van der Waals surface area contributed by atoms with Crippen molar-refractivity contribution in [1.82, 2.24) is 10.3 Å². The summed E-state index contributed by atoms with van der Waals surface area (Å²) in [6.45, 7) is 2.23. The lowest BCUT2D eigenvalue weighted by molar-refractivity contribution is -0.115. The van der Waals surface area contributed by atoms with E-state index in [9.17, 15) is 9.18 Å². The maximum atomic E-state index is 12.8. The van der Waals surface area contributed by atoms with Crippen LogP contribution in [0.1, 0.15) is 24.4 Å². The topological polar surface area (TPSA) is 54.0 Å². The number of amides is 1. The molecule has 0 saturated heterocycles. The Bertz CT molecular complexity index is 542. The second-order valence-corrected chi connectivity index (χ2v) is 5.19. The number of benzene rings is 1. The van der Waals surface area contributed by atoms with Gasteiger partial charge in [0.05, 0.1) is 12.6 Å². The summed E-state index contributed by atoms with van der Waals surface area (Å²) in [7, 11) is 0. The molecule has 0 radical (unpaired) electrons. The molecule has 0 fully saturated rings. The van der Waals surface area contributed by atoms with Crippen LogP contribution in [0.25, 0.3) is 0 Å². The number of hydrogen-bond acceptors (Lipinski definition) is 4. The first kappa shape index (κ1) is 14.6. The predicted molar refractivity (Wildman–Crippen MR) is 78.2 cm³/mol. The van der Waals surface area contributed by atoms with E-state index >= 15 is 0 Å². The zero-order chi connectivity index (χ0) is 14.4. The molecule has 4 nitrogen and oxygen atoms in total. The normalized spacial score (nSPS) is 12.1. The lowest BCUT2D eigenvalue weighted by Gasteiger charge is -2.14. The number of carbonyl (C=O) groups excluding carboxylic acids is 1. The van der Waals surface area contributed by atoms with Gasteiger partial charge in [-0.05, 0) is 30.7 Å². The van der Waals surface area contributed by atoms with Gasteiger partial charge in [-0.25, -0.2) is 9.37 Å². The molecule has 6 heteroatoms. The lowest BCUT2D eigenvalue weighted by atomic mass is 10.2. The number of rotatable bonds is 6. The Hall–Kier alpha value is -1.79. The molecular weight excluding hydrogens is 277 g/mol. The number of nitrogens with one attached hydrogen (secondary N) is 2. The number of carbonyl (C=O) groups is 1. The second-order valence-electron chi connectivity index (χ2n) is 4.27. The molecule has 106 valence electrons. The van der Waals surface area contributed by atoms with Gasteiger partial charge in [0.15, 0.2) is 0 Å². The zero-order valence-electron chi connectivity index (χ0n) is 11.1. The molecule has 2 N–H and O–H groups in total. The monoisotopic (exact) mass is 293 g/mol. The largest absolute Gasteiger partial charge is 0.325 e. The number of nitrogens with zero attached hydrogens (tertiary/aromatic N) is 1. The lowest BCUT2D eigenvalue weighted by Crippen LogP contribution is -2.31. The highest BCUT2D eigenvalue weighted by atomic mass is 32.1. The van der Waals surface area contributed by atoms with Gasteiger partial charge in [0.1, 0.15) is 10.8 Å². The van der Waals surface area contributed by atoms with Crippen LogP contribution in [0, 0.1) is 5.82 Å². The number of anilines is 1. The van der Waals surface area contributed by atoms with E-state index in [1.165, 1.54) is 24.3 Å². The van der Waals surface area contributed by atoms with Gasteiger partial charge < -0.3 is 5.32 Å². The third kappa shape index (κ3) is 4.11. The first-order valence-corrected chi connectivity index (χ1v) is 7.25. The van der Waals surface area contributed by atoms with E-state index in [-0.39, 0.29) is 24.3 Å². The van der Waals surface area contributed by atoms with Crippen molar-refractivity contribution in [3.8, 4) is 0 Å². The summed E-state index contributed by atoms with van der Waals surface area (Å²) in [6, 6.07) is 5.77. The molecule has 1 unspecified atom stereocenters. The standard InChI is InChI=1S/C14H16FN3OS/c1-2-12(14-16-7-8-20-14)17-9-13(19)18-11-5-3-10(15)4-6-11/h3-8,12,17H,2,9H2,1H3,(H,18,19). The minimum Gasteiger partial charge on any atom is -0.325 e. The maximum absolute atomic E-state index is 12.8. The van der Waals surface area contributed by atoms with E-state index in [4.69, 9.17) is 0 Å². The smallest absolute Gasteiger partial charge is 0.238 e. The molecule has 0 aliphatic rings. The minimum absolute atomic E-state index is 0.0777. The predicted octanol–water partition coefficient (Wildman–Crippen LogP) is 2.96. The molecule has 2 rings (SSSR count). The van der Waals surface area contributed by atoms with Crippen LogP contribution in [0.2, 0.25) is 0 Å². The van der Waals surface area contributed by atoms with Gasteiger partial charge in [-0.2, -0.15) is 0 Å². The van der Waals surface area contributed by atoms with Crippen molar-refractivity contribution < 1.29 is 9.18 Å². The highest BCUT2D eigenvalue weighted by molar-refractivity contribution is 7.09. The Kier molecular flexibility index (Phi) is 5.20. The van der Waals surface area contributed by atoms with Gasteiger partial charge in [0, 0.05) is 17.3 Å². The van der Waals surface area contributed by atoms with Crippen LogP contribution in [0.3, 0.4) is 0 Å². The fourth-order valence-electron chi connectivity index (χ4n) is 1.77. The molecule has 0 aliphatic heterocycles. The highest BCUT2D eigenvalue weighted by Gasteiger charge is 2.12. The molecule has 1 aromatic heterocycles. The van der Waals surface area contributed by atoms with Gasteiger partial charge in [0.2, 0.25) is 5.91 Å². The van der Waals surface area contributed by atoms with Crippen LogP contribution < -0.4 is 10.6 Å². The van der Waals surface area contributed by atoms with Gasteiger partial charge in [-0.15, -0.1) is 11.3 Å². The van der Waals surface area contributed by atoms with Gasteiger partial charge in [-0.3, -0.25) is 10.1 Å². The quantitative estimate of drug-likeness (QED) is 0.861. The van der Waals surface area contributed by atoms with E-state index in [1.807, 2.05) is 12.3 Å². The third-order valence-corrected chi connectivity index (χ3v) is 3.68. The van der Waals surface area contributed by atoms with Gasteiger partial charge >= 0.3 is 0 Å². The Balaban J connectivity index is 1.84. The van der Waals surface area contributed by atoms with Crippen molar-refractivity contribution in [3.05, 3.63) is 46.7 Å². The average Bonchev–Trinajstić information content (AvgIpc) is 2.96. The number of halogens is 1.